The number of amides is 1. The van der Waals surface area contributed by atoms with Gasteiger partial charge in [0, 0.05) is 22.8 Å². The summed E-state index contributed by atoms with van der Waals surface area (Å²) in [5.41, 5.74) is 10.4. The quantitative estimate of drug-likeness (QED) is 0.832. The third kappa shape index (κ3) is 3.98. The number of halogens is 1. The predicted octanol–water partition coefficient (Wildman–Crippen LogP) is 3.13. The Kier molecular flexibility index (Phi) is 5.91. The van der Waals surface area contributed by atoms with Crippen LogP contribution in [0, 0.1) is 6.92 Å². The topological polar surface area (TPSA) is 58.4 Å². The Hall–Kier alpha value is -1.72. The van der Waals surface area contributed by atoms with Gasteiger partial charge in [0.25, 0.3) is 0 Å². The molecule has 6 heteroatoms. The highest BCUT2D eigenvalue weighted by Crippen LogP contribution is 2.30. The van der Waals surface area contributed by atoms with E-state index < -0.39 is 0 Å². The molecule has 2 aromatic rings. The van der Waals surface area contributed by atoms with Gasteiger partial charge in [0.05, 0.1) is 13.1 Å². The van der Waals surface area contributed by atoms with Crippen LogP contribution in [0.3, 0.4) is 0 Å². The first-order valence-corrected chi connectivity index (χ1v) is 8.45. The second-order valence-corrected chi connectivity index (χ2v) is 6.67. The summed E-state index contributed by atoms with van der Waals surface area (Å²) in [7, 11) is 0. The zero-order chi connectivity index (χ0) is 15.5. The molecule has 0 atom stereocenters. The number of nitrogens with zero attached hydrogens (tertiary/aromatic N) is 1. The number of nitrogens with two attached hydrogens (primary N) is 1. The number of aryl methyl sites for hydroxylation is 1. The van der Waals surface area contributed by atoms with Crippen molar-refractivity contribution in [3.63, 3.8) is 0 Å². The summed E-state index contributed by atoms with van der Waals surface area (Å²) in [6.45, 7) is 3.98. The van der Waals surface area contributed by atoms with Crippen LogP contribution in [-0.4, -0.2) is 19.0 Å². The molecule has 0 radical (unpaired) electrons. The van der Waals surface area contributed by atoms with E-state index in [0.29, 0.717) is 13.1 Å². The standard InChI is InChI=1S/C17H21N3OS.ClH/c1-12-7-9-22-16(12)10-19-17(21)11-20-8-3-4-13-14(18)5-2-6-15(13)20;/h2,5-7,9H,3-4,8,10-11,18H2,1H3,(H,19,21);1H. The van der Waals surface area contributed by atoms with Gasteiger partial charge in [-0.2, -0.15) is 0 Å². The second kappa shape index (κ2) is 7.70. The lowest BCUT2D eigenvalue weighted by molar-refractivity contribution is -0.119. The van der Waals surface area contributed by atoms with E-state index in [1.807, 2.05) is 12.1 Å². The van der Waals surface area contributed by atoms with Crippen LogP contribution >= 0.6 is 23.7 Å². The maximum Gasteiger partial charge on any atom is 0.239 e. The summed E-state index contributed by atoms with van der Waals surface area (Å²) in [6.07, 6.45) is 2.03. The molecule has 0 saturated carbocycles. The van der Waals surface area contributed by atoms with Crippen molar-refractivity contribution in [2.75, 3.05) is 23.7 Å². The summed E-state index contributed by atoms with van der Waals surface area (Å²) >= 11 is 1.68. The predicted molar refractivity (Wildman–Crippen MR) is 99.5 cm³/mol. The van der Waals surface area contributed by atoms with Gasteiger partial charge >= 0.3 is 0 Å². The number of nitrogen functional groups attached to an aromatic ring is 1. The largest absolute Gasteiger partial charge is 0.398 e. The van der Waals surface area contributed by atoms with Gasteiger partial charge in [-0.05, 0) is 54.5 Å². The molecule has 1 aromatic heterocycles. The SMILES string of the molecule is Cc1ccsc1CNC(=O)CN1CCCc2c(N)cccc21.Cl. The average Bonchev–Trinajstić information content (AvgIpc) is 2.92. The van der Waals surface area contributed by atoms with Gasteiger partial charge in [0.2, 0.25) is 5.91 Å². The van der Waals surface area contributed by atoms with E-state index in [4.69, 9.17) is 5.73 Å². The minimum absolute atomic E-state index is 0. The van der Waals surface area contributed by atoms with Gasteiger partial charge in [-0.3, -0.25) is 4.79 Å². The van der Waals surface area contributed by atoms with Crippen LogP contribution in [0.25, 0.3) is 0 Å². The molecule has 1 aromatic carbocycles. The van der Waals surface area contributed by atoms with Gasteiger partial charge in [0.15, 0.2) is 0 Å². The molecule has 124 valence electrons. The van der Waals surface area contributed by atoms with Crippen molar-refractivity contribution in [3.05, 3.63) is 45.6 Å². The maximum atomic E-state index is 12.2. The Morgan fingerprint density at radius 1 is 1.39 bits per heavy atom. The number of rotatable bonds is 4. The fourth-order valence-corrected chi connectivity index (χ4v) is 3.73. The maximum absolute atomic E-state index is 12.2. The van der Waals surface area contributed by atoms with Crippen LogP contribution in [-0.2, 0) is 17.8 Å². The minimum Gasteiger partial charge on any atom is -0.398 e. The molecule has 3 rings (SSSR count). The van der Waals surface area contributed by atoms with Crippen molar-refractivity contribution in [1.82, 2.24) is 5.32 Å². The van der Waals surface area contributed by atoms with Crippen LogP contribution in [0.1, 0.15) is 22.4 Å². The number of nitrogens with one attached hydrogen (secondary N) is 1. The lowest BCUT2D eigenvalue weighted by Crippen LogP contribution is -2.39. The van der Waals surface area contributed by atoms with Gasteiger partial charge in [0.1, 0.15) is 0 Å². The molecule has 1 amide bonds. The Morgan fingerprint density at radius 2 is 2.22 bits per heavy atom. The fraction of sp³-hybridized carbons (Fsp3) is 0.353. The molecule has 2 heterocycles. The molecule has 0 spiro atoms. The summed E-state index contributed by atoms with van der Waals surface area (Å²) < 4.78 is 0. The van der Waals surface area contributed by atoms with Crippen LogP contribution in [0.4, 0.5) is 11.4 Å². The Bertz CT molecular complexity index is 686. The summed E-state index contributed by atoms with van der Waals surface area (Å²) in [5, 5.41) is 5.07. The summed E-state index contributed by atoms with van der Waals surface area (Å²) in [5.74, 6) is 0.0584. The van der Waals surface area contributed by atoms with E-state index >= 15 is 0 Å². The fourth-order valence-electron chi connectivity index (χ4n) is 2.89. The molecule has 0 fully saturated rings. The van der Waals surface area contributed by atoms with Gasteiger partial charge in [-0.25, -0.2) is 0 Å². The molecule has 1 aliphatic heterocycles. The number of fused-ring (bicyclic) bond motifs is 1. The zero-order valence-corrected chi connectivity index (χ0v) is 14.8. The molecule has 0 bridgehead atoms. The number of hydrogen-bond donors (Lipinski definition) is 2. The number of carbonyl (C=O) groups excluding carboxylic acids is 1. The number of thiophene rings is 1. The van der Waals surface area contributed by atoms with E-state index in [-0.39, 0.29) is 18.3 Å². The highest BCUT2D eigenvalue weighted by Gasteiger charge is 2.20. The molecule has 3 N–H and O–H groups in total. The van der Waals surface area contributed by atoms with E-state index in [1.165, 1.54) is 16.0 Å². The van der Waals surface area contributed by atoms with Gasteiger partial charge in [-0.15, -0.1) is 23.7 Å². The molecule has 0 saturated heterocycles. The summed E-state index contributed by atoms with van der Waals surface area (Å²) in [6, 6.07) is 8.03. The molecular formula is C17H22ClN3OS. The van der Waals surface area contributed by atoms with Crippen molar-refractivity contribution in [2.45, 2.75) is 26.3 Å². The van der Waals surface area contributed by atoms with Gasteiger partial charge < -0.3 is 16.0 Å². The van der Waals surface area contributed by atoms with Crippen molar-refractivity contribution in [2.24, 2.45) is 0 Å². The molecule has 4 nitrogen and oxygen atoms in total. The first kappa shape index (κ1) is 17.6. The molecule has 0 aliphatic carbocycles. The third-order valence-electron chi connectivity index (χ3n) is 4.13. The Labute approximate surface area is 147 Å². The van der Waals surface area contributed by atoms with E-state index in [2.05, 4.69) is 34.7 Å². The molecule has 1 aliphatic rings. The van der Waals surface area contributed by atoms with E-state index in [1.54, 1.807) is 11.3 Å². The number of benzene rings is 1. The van der Waals surface area contributed by atoms with Crippen molar-refractivity contribution in [1.29, 1.82) is 0 Å². The smallest absolute Gasteiger partial charge is 0.239 e. The number of hydrogen-bond acceptors (Lipinski definition) is 4. The first-order chi connectivity index (χ1) is 10.6. The Balaban J connectivity index is 0.00000192. The van der Waals surface area contributed by atoms with E-state index in [0.717, 1.165) is 30.8 Å². The Morgan fingerprint density at radius 3 is 2.96 bits per heavy atom. The van der Waals surface area contributed by atoms with Crippen LogP contribution < -0.4 is 16.0 Å². The normalized spacial score (nSPS) is 13.2. The lowest BCUT2D eigenvalue weighted by Gasteiger charge is -2.31. The van der Waals surface area contributed by atoms with Crippen LogP contribution in [0.5, 0.6) is 0 Å². The van der Waals surface area contributed by atoms with Crippen molar-refractivity contribution >= 4 is 41.0 Å². The van der Waals surface area contributed by atoms with Crippen molar-refractivity contribution in [3.8, 4) is 0 Å². The molecular weight excluding hydrogens is 330 g/mol. The summed E-state index contributed by atoms with van der Waals surface area (Å²) in [4.78, 5) is 15.6. The first-order valence-electron chi connectivity index (χ1n) is 7.57. The molecule has 0 unspecified atom stereocenters. The monoisotopic (exact) mass is 351 g/mol. The third-order valence-corrected chi connectivity index (χ3v) is 5.15. The highest BCUT2D eigenvalue weighted by atomic mass is 35.5. The van der Waals surface area contributed by atoms with Crippen LogP contribution in [0.15, 0.2) is 29.6 Å². The minimum atomic E-state index is 0. The number of carbonyl (C=O) groups is 1. The second-order valence-electron chi connectivity index (χ2n) is 5.67. The van der Waals surface area contributed by atoms with Crippen molar-refractivity contribution < 1.29 is 4.79 Å². The van der Waals surface area contributed by atoms with Gasteiger partial charge in [-0.1, -0.05) is 6.07 Å². The zero-order valence-electron chi connectivity index (χ0n) is 13.2. The highest BCUT2D eigenvalue weighted by molar-refractivity contribution is 7.10. The van der Waals surface area contributed by atoms with Crippen LogP contribution in [0.2, 0.25) is 0 Å². The average molecular weight is 352 g/mol. The lowest BCUT2D eigenvalue weighted by atomic mass is 10.00. The van der Waals surface area contributed by atoms with E-state index in [9.17, 15) is 4.79 Å². The number of anilines is 2. The molecule has 23 heavy (non-hydrogen) atoms.